The van der Waals surface area contributed by atoms with Crippen LogP contribution in [0.15, 0.2) is 36.4 Å². The normalized spacial score (nSPS) is 18.8. The van der Waals surface area contributed by atoms with Crippen LogP contribution in [0.1, 0.15) is 24.4 Å². The van der Waals surface area contributed by atoms with Gasteiger partial charge < -0.3 is 15.9 Å². The van der Waals surface area contributed by atoms with Crippen molar-refractivity contribution in [2.24, 2.45) is 11.7 Å². The fraction of sp³-hybridized carbons (Fsp3) is 0.333. The van der Waals surface area contributed by atoms with Crippen LogP contribution in [0.2, 0.25) is 0 Å². The van der Waals surface area contributed by atoms with Crippen molar-refractivity contribution in [3.63, 3.8) is 0 Å². The molecule has 2 aromatic carbocycles. The molecule has 0 aromatic heterocycles. The maximum absolute atomic E-state index is 10.1. The van der Waals surface area contributed by atoms with E-state index in [-0.39, 0.29) is 11.8 Å². The van der Waals surface area contributed by atoms with Crippen LogP contribution in [0.4, 0.5) is 0 Å². The number of hydrogen-bond donors (Lipinski definition) is 3. The molecule has 0 spiro atoms. The molecule has 0 radical (unpaired) electrons. The van der Waals surface area contributed by atoms with Gasteiger partial charge >= 0.3 is 0 Å². The zero-order valence-electron chi connectivity index (χ0n) is 10.1. The Labute approximate surface area is 106 Å². The van der Waals surface area contributed by atoms with E-state index in [1.807, 2.05) is 24.3 Å². The number of phenolic OH excluding ortho intramolecular Hbond substituents is 1. The summed E-state index contributed by atoms with van der Waals surface area (Å²) in [4.78, 5) is 0. The van der Waals surface area contributed by atoms with Gasteiger partial charge in [0.1, 0.15) is 5.75 Å². The fourth-order valence-corrected chi connectivity index (χ4v) is 2.39. The zero-order chi connectivity index (χ0) is 12.7. The Hall–Kier alpha value is -1.58. The molecule has 0 saturated heterocycles. The molecular weight excluding hydrogens is 226 g/mol. The summed E-state index contributed by atoms with van der Waals surface area (Å²) in [6.45, 7) is 0. The predicted molar refractivity (Wildman–Crippen MR) is 71.3 cm³/mol. The largest absolute Gasteiger partial charge is 0.508 e. The molecule has 18 heavy (non-hydrogen) atoms. The van der Waals surface area contributed by atoms with E-state index in [1.165, 1.54) is 0 Å². The second-order valence-corrected chi connectivity index (χ2v) is 5.14. The first kappa shape index (κ1) is 11.5. The first-order valence-corrected chi connectivity index (χ1v) is 6.31. The average Bonchev–Trinajstić information content (AvgIpc) is 3.20. The van der Waals surface area contributed by atoms with Gasteiger partial charge in [0.2, 0.25) is 0 Å². The molecule has 3 heteroatoms. The van der Waals surface area contributed by atoms with Gasteiger partial charge in [0.05, 0.1) is 12.1 Å². The van der Waals surface area contributed by atoms with Crippen molar-refractivity contribution >= 4 is 10.8 Å². The molecular formula is C15H17NO2. The minimum atomic E-state index is -0.445. The number of aliphatic hydroxyl groups excluding tert-OH is 1. The summed E-state index contributed by atoms with van der Waals surface area (Å²) in [7, 11) is 0. The van der Waals surface area contributed by atoms with Crippen molar-refractivity contribution in [1.29, 1.82) is 0 Å². The maximum Gasteiger partial charge on any atom is 0.116 e. The highest BCUT2D eigenvalue weighted by Gasteiger charge is 2.34. The van der Waals surface area contributed by atoms with E-state index in [9.17, 15) is 10.2 Å². The van der Waals surface area contributed by atoms with Crippen molar-refractivity contribution in [1.82, 2.24) is 0 Å². The molecule has 0 amide bonds. The smallest absolute Gasteiger partial charge is 0.116 e. The van der Waals surface area contributed by atoms with E-state index >= 15 is 0 Å². The van der Waals surface area contributed by atoms with Crippen LogP contribution >= 0.6 is 0 Å². The summed E-state index contributed by atoms with van der Waals surface area (Å²) in [5.74, 6) is 0.632. The molecule has 1 saturated carbocycles. The predicted octanol–water partition coefficient (Wildman–Crippen LogP) is 2.32. The van der Waals surface area contributed by atoms with Crippen molar-refractivity contribution in [3.8, 4) is 5.75 Å². The molecule has 3 rings (SSSR count). The third kappa shape index (κ3) is 2.07. The zero-order valence-corrected chi connectivity index (χ0v) is 10.1. The van der Waals surface area contributed by atoms with Gasteiger partial charge in [0, 0.05) is 0 Å². The summed E-state index contributed by atoms with van der Waals surface area (Å²) in [5, 5.41) is 21.5. The molecule has 3 nitrogen and oxygen atoms in total. The summed E-state index contributed by atoms with van der Waals surface area (Å²) in [5.41, 5.74) is 7.05. The second-order valence-electron chi connectivity index (χ2n) is 5.14. The van der Waals surface area contributed by atoms with Crippen LogP contribution in [-0.4, -0.2) is 16.3 Å². The highest BCUT2D eigenvalue weighted by Crippen LogP contribution is 2.37. The summed E-state index contributed by atoms with van der Waals surface area (Å²) < 4.78 is 0. The topological polar surface area (TPSA) is 66.5 Å². The van der Waals surface area contributed by atoms with Gasteiger partial charge in [-0.05, 0) is 53.3 Å². The van der Waals surface area contributed by atoms with Crippen LogP contribution in [0.25, 0.3) is 10.8 Å². The van der Waals surface area contributed by atoms with Gasteiger partial charge in [-0.15, -0.1) is 0 Å². The van der Waals surface area contributed by atoms with E-state index in [0.717, 1.165) is 29.2 Å². The molecule has 0 aliphatic heterocycles. The lowest BCUT2D eigenvalue weighted by molar-refractivity contribution is 0.122. The number of aromatic hydroxyl groups is 1. The van der Waals surface area contributed by atoms with Gasteiger partial charge in [-0.1, -0.05) is 18.2 Å². The molecule has 94 valence electrons. The molecule has 4 N–H and O–H groups in total. The molecule has 1 fully saturated rings. The minimum absolute atomic E-state index is 0.262. The number of fused-ring (bicyclic) bond motifs is 1. The molecule has 1 aliphatic carbocycles. The highest BCUT2D eigenvalue weighted by molar-refractivity contribution is 5.84. The Morgan fingerprint density at radius 2 is 1.72 bits per heavy atom. The Bertz CT molecular complexity index is 578. The Morgan fingerprint density at radius 3 is 2.44 bits per heavy atom. The molecule has 0 bridgehead atoms. The van der Waals surface area contributed by atoms with Gasteiger partial charge in [-0.2, -0.15) is 0 Å². The first-order chi connectivity index (χ1) is 8.65. The third-order valence-corrected chi connectivity index (χ3v) is 3.71. The lowest BCUT2D eigenvalue weighted by atomic mass is 9.96. The van der Waals surface area contributed by atoms with Crippen LogP contribution in [0.3, 0.4) is 0 Å². The summed E-state index contributed by atoms with van der Waals surface area (Å²) >= 11 is 0. The number of rotatable bonds is 3. The summed E-state index contributed by atoms with van der Waals surface area (Å²) in [6, 6.07) is 10.8. The van der Waals surface area contributed by atoms with Crippen molar-refractivity contribution in [2.75, 3.05) is 0 Å². The number of aliphatic hydroxyl groups is 1. The van der Waals surface area contributed by atoms with E-state index in [4.69, 9.17) is 5.73 Å². The lowest BCUT2D eigenvalue weighted by Gasteiger charge is -2.19. The third-order valence-electron chi connectivity index (χ3n) is 3.71. The highest BCUT2D eigenvalue weighted by atomic mass is 16.3. The van der Waals surface area contributed by atoms with Gasteiger partial charge in [0.15, 0.2) is 0 Å². The Morgan fingerprint density at radius 1 is 1.06 bits per heavy atom. The summed E-state index contributed by atoms with van der Waals surface area (Å²) in [6.07, 6.45) is 1.71. The van der Waals surface area contributed by atoms with E-state index < -0.39 is 6.10 Å². The number of nitrogens with two attached hydrogens (primary N) is 1. The maximum atomic E-state index is 10.1. The average molecular weight is 243 g/mol. The van der Waals surface area contributed by atoms with Crippen LogP contribution in [-0.2, 0) is 0 Å². The standard InChI is InChI=1S/C15H17NO2/c16-14(15(18)9-1-2-9)12-4-3-11-8-13(17)6-5-10(11)7-12/h3-9,14-15,17-18H,1-2,16H2/t14-,15+/m0/s1. The van der Waals surface area contributed by atoms with Crippen molar-refractivity contribution in [2.45, 2.75) is 25.0 Å². The number of hydrogen-bond acceptors (Lipinski definition) is 3. The van der Waals surface area contributed by atoms with E-state index in [1.54, 1.807) is 12.1 Å². The molecule has 0 unspecified atom stereocenters. The molecule has 0 heterocycles. The molecule has 2 atom stereocenters. The minimum Gasteiger partial charge on any atom is -0.508 e. The monoisotopic (exact) mass is 243 g/mol. The Balaban J connectivity index is 1.94. The fourth-order valence-electron chi connectivity index (χ4n) is 2.39. The van der Waals surface area contributed by atoms with Crippen LogP contribution in [0, 0.1) is 5.92 Å². The van der Waals surface area contributed by atoms with Gasteiger partial charge in [-0.25, -0.2) is 0 Å². The van der Waals surface area contributed by atoms with Crippen LogP contribution < -0.4 is 5.73 Å². The van der Waals surface area contributed by atoms with Crippen LogP contribution in [0.5, 0.6) is 5.75 Å². The van der Waals surface area contributed by atoms with E-state index in [0.29, 0.717) is 5.92 Å². The molecule has 2 aromatic rings. The van der Waals surface area contributed by atoms with Crippen molar-refractivity contribution in [3.05, 3.63) is 42.0 Å². The van der Waals surface area contributed by atoms with Gasteiger partial charge in [-0.3, -0.25) is 0 Å². The van der Waals surface area contributed by atoms with E-state index in [2.05, 4.69) is 0 Å². The molecule has 1 aliphatic rings. The van der Waals surface area contributed by atoms with Crippen molar-refractivity contribution < 1.29 is 10.2 Å². The first-order valence-electron chi connectivity index (χ1n) is 6.31. The lowest BCUT2D eigenvalue weighted by Crippen LogP contribution is -2.27. The Kier molecular flexibility index (Phi) is 2.73. The number of benzene rings is 2. The SMILES string of the molecule is N[C@@H](c1ccc2cc(O)ccc2c1)[C@H](O)C1CC1. The quantitative estimate of drug-likeness (QED) is 0.775. The van der Waals surface area contributed by atoms with Gasteiger partial charge in [0.25, 0.3) is 0 Å². The number of phenols is 1. The second kappa shape index (κ2) is 4.26.